The molecule has 1 unspecified atom stereocenters. The highest BCUT2D eigenvalue weighted by molar-refractivity contribution is 6.05. The molecule has 5 heteroatoms. The predicted molar refractivity (Wildman–Crippen MR) is 49.0 cm³/mol. The number of halogens is 4. The minimum Gasteiger partial charge on any atom is -0.290 e. The van der Waals surface area contributed by atoms with Crippen LogP contribution in [0, 0.1) is 0 Å². The topological polar surface area (TPSA) is 17.1 Å². The molecular weight excluding hydrogens is 224 g/mol. The maximum Gasteiger partial charge on any atom is 0.430 e. The van der Waals surface area contributed by atoms with Crippen molar-refractivity contribution < 1.29 is 22.4 Å². The highest BCUT2D eigenvalue weighted by Crippen LogP contribution is 2.43. The van der Waals surface area contributed by atoms with Crippen LogP contribution in [0.25, 0.3) is 0 Å². The van der Waals surface area contributed by atoms with Gasteiger partial charge >= 0.3 is 6.18 Å². The Kier molecular flexibility index (Phi) is 2.29. The first-order valence-electron chi connectivity index (χ1n) is 4.74. The molecule has 0 aromatic heterocycles. The smallest absolute Gasteiger partial charge is 0.290 e. The maximum absolute atomic E-state index is 13.7. The summed E-state index contributed by atoms with van der Waals surface area (Å²) in [5.74, 6) is -1.47. The summed E-state index contributed by atoms with van der Waals surface area (Å²) in [6.07, 6.45) is -6.04. The highest BCUT2D eigenvalue weighted by Gasteiger charge is 2.62. The predicted octanol–water partition coefficient (Wildman–Crippen LogP) is 3.09. The lowest BCUT2D eigenvalue weighted by atomic mass is 9.80. The van der Waals surface area contributed by atoms with Crippen molar-refractivity contribution in [2.75, 3.05) is 0 Å². The van der Waals surface area contributed by atoms with Crippen molar-refractivity contribution in [1.82, 2.24) is 0 Å². The van der Waals surface area contributed by atoms with Gasteiger partial charge in [-0.3, -0.25) is 4.79 Å². The molecular formula is C11H8F4O. The zero-order chi connectivity index (χ0) is 12.0. The van der Waals surface area contributed by atoms with Crippen LogP contribution in [-0.2, 0) is 6.42 Å². The molecule has 1 aromatic carbocycles. The zero-order valence-electron chi connectivity index (χ0n) is 8.14. The molecule has 2 rings (SSSR count). The summed E-state index contributed by atoms with van der Waals surface area (Å²) >= 11 is 0. The average Bonchev–Trinajstić information content (AvgIpc) is 2.22. The third-order valence-corrected chi connectivity index (χ3v) is 2.81. The lowest BCUT2D eigenvalue weighted by molar-refractivity contribution is -0.212. The Morgan fingerprint density at radius 2 is 1.81 bits per heavy atom. The first kappa shape index (κ1) is 11.1. The van der Waals surface area contributed by atoms with Gasteiger partial charge in [0.25, 0.3) is 5.67 Å². The van der Waals surface area contributed by atoms with Gasteiger partial charge in [0.2, 0.25) is 5.78 Å². The second-order valence-corrected chi connectivity index (χ2v) is 3.79. The van der Waals surface area contributed by atoms with Crippen LogP contribution in [-0.4, -0.2) is 17.6 Å². The third-order valence-electron chi connectivity index (χ3n) is 2.81. The Morgan fingerprint density at radius 3 is 2.44 bits per heavy atom. The molecule has 16 heavy (non-hydrogen) atoms. The van der Waals surface area contributed by atoms with Crippen molar-refractivity contribution in [3.8, 4) is 0 Å². The quantitative estimate of drug-likeness (QED) is 0.628. The fourth-order valence-corrected chi connectivity index (χ4v) is 1.86. The van der Waals surface area contributed by atoms with Gasteiger partial charge < -0.3 is 0 Å². The van der Waals surface area contributed by atoms with Gasteiger partial charge in [-0.15, -0.1) is 0 Å². The lowest BCUT2D eigenvalue weighted by Crippen LogP contribution is -2.50. The van der Waals surface area contributed by atoms with Crippen molar-refractivity contribution in [2.24, 2.45) is 0 Å². The van der Waals surface area contributed by atoms with E-state index in [1.54, 1.807) is 12.1 Å². The molecule has 0 radical (unpaired) electrons. The molecule has 0 N–H and O–H groups in total. The maximum atomic E-state index is 13.7. The summed E-state index contributed by atoms with van der Waals surface area (Å²) in [5.41, 5.74) is -3.40. The van der Waals surface area contributed by atoms with E-state index in [0.717, 1.165) is 0 Å². The molecule has 1 nitrogen and oxygen atoms in total. The van der Waals surface area contributed by atoms with E-state index in [-0.39, 0.29) is 12.0 Å². The molecule has 1 aliphatic rings. The van der Waals surface area contributed by atoms with Crippen LogP contribution in [0.15, 0.2) is 24.3 Å². The standard InChI is InChI=1S/C11H8F4O/c12-10(11(13,14)15)6-5-7-3-1-2-4-8(7)9(10)16/h1-4H,5-6H2. The number of hydrogen-bond donors (Lipinski definition) is 0. The Balaban J connectivity index is 2.50. The summed E-state index contributed by atoms with van der Waals surface area (Å²) in [6.45, 7) is 0. The molecule has 0 saturated carbocycles. The average molecular weight is 232 g/mol. The van der Waals surface area contributed by atoms with E-state index in [1.807, 2.05) is 0 Å². The number of aryl methyl sites for hydroxylation is 1. The summed E-state index contributed by atoms with van der Waals surface area (Å²) in [6, 6.07) is 5.82. The number of benzene rings is 1. The van der Waals surface area contributed by atoms with Crippen molar-refractivity contribution in [3.63, 3.8) is 0 Å². The largest absolute Gasteiger partial charge is 0.430 e. The Labute approximate surface area is 89.1 Å². The number of fused-ring (bicyclic) bond motifs is 1. The van der Waals surface area contributed by atoms with Crippen molar-refractivity contribution in [1.29, 1.82) is 0 Å². The van der Waals surface area contributed by atoms with E-state index >= 15 is 0 Å². The Bertz CT molecular complexity index is 438. The molecule has 0 fully saturated rings. The second kappa shape index (κ2) is 3.30. The monoisotopic (exact) mass is 232 g/mol. The van der Waals surface area contributed by atoms with Crippen LogP contribution in [0.4, 0.5) is 17.6 Å². The molecule has 86 valence electrons. The van der Waals surface area contributed by atoms with Crippen LogP contribution in [0.5, 0.6) is 0 Å². The molecule has 0 spiro atoms. The first-order chi connectivity index (χ1) is 7.36. The van der Waals surface area contributed by atoms with Crippen LogP contribution in [0.1, 0.15) is 22.3 Å². The molecule has 1 aliphatic carbocycles. The number of hydrogen-bond acceptors (Lipinski definition) is 1. The van der Waals surface area contributed by atoms with E-state index in [9.17, 15) is 22.4 Å². The zero-order valence-corrected chi connectivity index (χ0v) is 8.14. The summed E-state index contributed by atoms with van der Waals surface area (Å²) in [5, 5.41) is 0. The molecule has 1 aromatic rings. The number of ketones is 1. The van der Waals surface area contributed by atoms with Gasteiger partial charge in [0.1, 0.15) is 0 Å². The van der Waals surface area contributed by atoms with Gasteiger partial charge in [0.05, 0.1) is 0 Å². The van der Waals surface area contributed by atoms with Gasteiger partial charge in [-0.25, -0.2) is 4.39 Å². The second-order valence-electron chi connectivity index (χ2n) is 3.79. The van der Waals surface area contributed by atoms with E-state index < -0.39 is 24.0 Å². The number of carbonyl (C=O) groups is 1. The Hall–Kier alpha value is -1.39. The number of alkyl halides is 4. The number of Topliss-reactive ketones (excluding diaryl/α,β-unsaturated/α-hetero) is 1. The molecule has 1 atom stereocenters. The summed E-state index contributed by atoms with van der Waals surface area (Å²) in [7, 11) is 0. The van der Waals surface area contributed by atoms with Crippen LogP contribution < -0.4 is 0 Å². The summed E-state index contributed by atoms with van der Waals surface area (Å²) in [4.78, 5) is 11.5. The lowest BCUT2D eigenvalue weighted by Gasteiger charge is -2.31. The molecule has 0 amide bonds. The summed E-state index contributed by atoms with van der Waals surface area (Å²) < 4.78 is 51.1. The van der Waals surface area contributed by atoms with Gasteiger partial charge in [-0.2, -0.15) is 13.2 Å². The van der Waals surface area contributed by atoms with Crippen molar-refractivity contribution in [3.05, 3.63) is 35.4 Å². The van der Waals surface area contributed by atoms with Crippen LogP contribution in [0.2, 0.25) is 0 Å². The Morgan fingerprint density at radius 1 is 1.19 bits per heavy atom. The van der Waals surface area contributed by atoms with Gasteiger partial charge in [-0.1, -0.05) is 24.3 Å². The number of carbonyl (C=O) groups excluding carboxylic acids is 1. The minimum absolute atomic E-state index is 0.0715. The molecule has 0 heterocycles. The fourth-order valence-electron chi connectivity index (χ4n) is 1.86. The van der Waals surface area contributed by atoms with Gasteiger partial charge in [0.15, 0.2) is 0 Å². The van der Waals surface area contributed by atoms with Gasteiger partial charge in [0, 0.05) is 12.0 Å². The van der Waals surface area contributed by atoms with Crippen LogP contribution in [0.3, 0.4) is 0 Å². The fraction of sp³-hybridized carbons (Fsp3) is 0.364. The SMILES string of the molecule is O=C1c2ccccc2CCC1(F)C(F)(F)F. The van der Waals surface area contributed by atoms with E-state index in [1.165, 1.54) is 12.1 Å². The van der Waals surface area contributed by atoms with E-state index in [0.29, 0.717) is 5.56 Å². The van der Waals surface area contributed by atoms with Crippen LogP contribution >= 0.6 is 0 Å². The van der Waals surface area contributed by atoms with Gasteiger partial charge in [-0.05, 0) is 12.0 Å². The molecule has 0 saturated heterocycles. The highest BCUT2D eigenvalue weighted by atomic mass is 19.4. The number of rotatable bonds is 0. The molecule has 0 bridgehead atoms. The first-order valence-corrected chi connectivity index (χ1v) is 4.74. The van der Waals surface area contributed by atoms with E-state index in [4.69, 9.17) is 0 Å². The van der Waals surface area contributed by atoms with E-state index in [2.05, 4.69) is 0 Å². The third kappa shape index (κ3) is 1.42. The van der Waals surface area contributed by atoms with Crippen molar-refractivity contribution >= 4 is 5.78 Å². The normalized spacial score (nSPS) is 25.4. The minimum atomic E-state index is -5.14. The van der Waals surface area contributed by atoms with Crippen molar-refractivity contribution in [2.45, 2.75) is 24.7 Å². The molecule has 0 aliphatic heterocycles.